The van der Waals surface area contributed by atoms with Crippen molar-refractivity contribution >= 4 is 23.3 Å². The molecule has 0 aliphatic heterocycles. The topological polar surface area (TPSA) is 66.3 Å². The molecule has 2 heterocycles. The molecule has 2 aromatic rings. The average molecular weight is 289 g/mol. The quantitative estimate of drug-likeness (QED) is 0.916. The van der Waals surface area contributed by atoms with Gasteiger partial charge in [0.05, 0.1) is 0 Å². The molecule has 5 nitrogen and oxygen atoms in total. The third kappa shape index (κ3) is 2.80. The van der Waals surface area contributed by atoms with E-state index in [1.807, 2.05) is 5.38 Å². The molecule has 0 amide bonds. The van der Waals surface area contributed by atoms with E-state index < -0.39 is 5.97 Å². The number of anilines is 1. The van der Waals surface area contributed by atoms with Crippen LogP contribution in [0.5, 0.6) is 0 Å². The third-order valence-electron chi connectivity index (χ3n) is 3.24. The number of aromatic carboxylic acids is 1. The number of aryl methyl sites for hydroxylation is 1. The van der Waals surface area contributed by atoms with Gasteiger partial charge in [-0.25, -0.2) is 14.8 Å². The molecule has 104 valence electrons. The summed E-state index contributed by atoms with van der Waals surface area (Å²) in [6.07, 6.45) is 2.23. The second-order valence-corrected chi connectivity index (χ2v) is 5.77. The van der Waals surface area contributed by atoms with E-state index in [0.717, 1.165) is 19.4 Å². The molecule has 1 fully saturated rings. The first kappa shape index (κ1) is 13.1. The fourth-order valence-corrected chi connectivity index (χ4v) is 2.78. The van der Waals surface area contributed by atoms with E-state index in [0.29, 0.717) is 17.7 Å². The van der Waals surface area contributed by atoms with Gasteiger partial charge in [0.1, 0.15) is 0 Å². The van der Waals surface area contributed by atoms with E-state index in [-0.39, 0.29) is 5.69 Å². The van der Waals surface area contributed by atoms with Crippen molar-refractivity contribution in [1.82, 2.24) is 9.97 Å². The van der Waals surface area contributed by atoms with Crippen LogP contribution in [0.25, 0.3) is 0 Å². The Morgan fingerprint density at radius 2 is 2.30 bits per heavy atom. The Bertz CT molecular complexity index is 623. The molecular weight excluding hydrogens is 274 g/mol. The summed E-state index contributed by atoms with van der Waals surface area (Å²) in [7, 11) is 0. The van der Waals surface area contributed by atoms with E-state index in [2.05, 4.69) is 26.3 Å². The lowest BCUT2D eigenvalue weighted by atomic mass is 10.3. The smallest absolute Gasteiger partial charge is 0.354 e. The van der Waals surface area contributed by atoms with E-state index in [4.69, 9.17) is 5.11 Å². The maximum absolute atomic E-state index is 11.1. The third-order valence-corrected chi connectivity index (χ3v) is 3.97. The van der Waals surface area contributed by atoms with Crippen molar-refractivity contribution in [2.75, 3.05) is 4.90 Å². The van der Waals surface area contributed by atoms with Crippen molar-refractivity contribution in [2.45, 2.75) is 32.4 Å². The number of carboxylic acid groups (broad SMARTS) is 1. The molecular formula is C14H15N3O2S. The summed E-state index contributed by atoms with van der Waals surface area (Å²) in [6, 6.07) is 4.01. The average Bonchev–Trinajstić information content (AvgIpc) is 3.12. The second-order valence-electron chi connectivity index (χ2n) is 4.99. The molecule has 1 saturated carbocycles. The highest BCUT2D eigenvalue weighted by Crippen LogP contribution is 2.31. The number of nitrogens with zero attached hydrogens (tertiary/aromatic N) is 3. The predicted molar refractivity (Wildman–Crippen MR) is 77.3 cm³/mol. The first-order chi connectivity index (χ1) is 9.63. The zero-order chi connectivity index (χ0) is 14.1. The lowest BCUT2D eigenvalue weighted by Crippen LogP contribution is -2.27. The first-order valence-electron chi connectivity index (χ1n) is 6.50. The van der Waals surface area contributed by atoms with Gasteiger partial charge in [0.25, 0.3) is 0 Å². The van der Waals surface area contributed by atoms with Gasteiger partial charge >= 0.3 is 5.97 Å². The van der Waals surface area contributed by atoms with Crippen molar-refractivity contribution in [3.63, 3.8) is 0 Å². The van der Waals surface area contributed by atoms with Crippen LogP contribution in [0.4, 0.5) is 5.95 Å². The molecule has 0 bridgehead atoms. The number of carbonyl (C=O) groups is 1. The maximum atomic E-state index is 11.1. The summed E-state index contributed by atoms with van der Waals surface area (Å²) in [5, 5.41) is 13.3. The second kappa shape index (κ2) is 5.20. The Morgan fingerprint density at radius 3 is 2.90 bits per heavy atom. The minimum Gasteiger partial charge on any atom is -0.477 e. The van der Waals surface area contributed by atoms with Crippen molar-refractivity contribution in [3.8, 4) is 0 Å². The SMILES string of the molecule is Cc1cc(C(=O)O)nc(N(Cc2ccsc2)C2CC2)n1. The van der Waals surface area contributed by atoms with Crippen LogP contribution in [0, 0.1) is 6.92 Å². The van der Waals surface area contributed by atoms with Crippen LogP contribution in [0.15, 0.2) is 22.9 Å². The minimum atomic E-state index is -1.01. The summed E-state index contributed by atoms with van der Waals surface area (Å²) in [5.74, 6) is -0.487. The molecule has 1 aliphatic carbocycles. The van der Waals surface area contributed by atoms with Gasteiger partial charge in [-0.15, -0.1) is 0 Å². The molecule has 0 radical (unpaired) electrons. The minimum absolute atomic E-state index is 0.0588. The van der Waals surface area contributed by atoms with Gasteiger partial charge in [-0.05, 0) is 48.2 Å². The molecule has 0 unspecified atom stereocenters. The van der Waals surface area contributed by atoms with Gasteiger partial charge in [-0.1, -0.05) is 0 Å². The van der Waals surface area contributed by atoms with E-state index in [9.17, 15) is 4.79 Å². The van der Waals surface area contributed by atoms with Crippen molar-refractivity contribution < 1.29 is 9.90 Å². The van der Waals surface area contributed by atoms with Gasteiger partial charge in [0.15, 0.2) is 5.69 Å². The highest BCUT2D eigenvalue weighted by molar-refractivity contribution is 7.07. The lowest BCUT2D eigenvalue weighted by molar-refractivity contribution is 0.0690. The summed E-state index contributed by atoms with van der Waals surface area (Å²) in [5.41, 5.74) is 1.95. The van der Waals surface area contributed by atoms with Gasteiger partial charge < -0.3 is 10.0 Å². The lowest BCUT2D eigenvalue weighted by Gasteiger charge is -2.22. The predicted octanol–water partition coefficient (Wildman–Crippen LogP) is 2.71. The molecule has 0 spiro atoms. The molecule has 1 aliphatic rings. The fraction of sp³-hybridized carbons (Fsp3) is 0.357. The Kier molecular flexibility index (Phi) is 3.40. The van der Waals surface area contributed by atoms with Gasteiger partial charge in [-0.2, -0.15) is 11.3 Å². The zero-order valence-corrected chi connectivity index (χ0v) is 11.9. The number of hydrogen-bond acceptors (Lipinski definition) is 5. The number of carboxylic acids is 1. The molecule has 20 heavy (non-hydrogen) atoms. The van der Waals surface area contributed by atoms with E-state index in [1.165, 1.54) is 11.6 Å². The Balaban J connectivity index is 1.93. The van der Waals surface area contributed by atoms with Crippen LogP contribution < -0.4 is 4.90 Å². The summed E-state index contributed by atoms with van der Waals surface area (Å²) in [4.78, 5) is 21.8. The molecule has 0 atom stereocenters. The normalized spacial score (nSPS) is 14.2. The summed E-state index contributed by atoms with van der Waals surface area (Å²) < 4.78 is 0. The van der Waals surface area contributed by atoms with Crippen LogP contribution in [0.1, 0.15) is 34.6 Å². The Morgan fingerprint density at radius 1 is 1.50 bits per heavy atom. The van der Waals surface area contributed by atoms with Crippen LogP contribution in [0.3, 0.4) is 0 Å². The fourth-order valence-electron chi connectivity index (χ4n) is 2.12. The zero-order valence-electron chi connectivity index (χ0n) is 11.1. The summed E-state index contributed by atoms with van der Waals surface area (Å²) in [6.45, 7) is 2.53. The Labute approximate surface area is 120 Å². The number of aromatic nitrogens is 2. The van der Waals surface area contributed by atoms with Crippen LogP contribution in [-0.4, -0.2) is 27.1 Å². The number of rotatable bonds is 5. The molecule has 2 aromatic heterocycles. The first-order valence-corrected chi connectivity index (χ1v) is 7.44. The van der Waals surface area contributed by atoms with E-state index in [1.54, 1.807) is 18.3 Å². The van der Waals surface area contributed by atoms with Crippen molar-refractivity contribution in [3.05, 3.63) is 39.8 Å². The van der Waals surface area contributed by atoms with Gasteiger partial charge in [-0.3, -0.25) is 0 Å². The largest absolute Gasteiger partial charge is 0.477 e. The maximum Gasteiger partial charge on any atom is 0.354 e. The number of thiophene rings is 1. The highest BCUT2D eigenvalue weighted by Gasteiger charge is 2.31. The number of hydrogen-bond donors (Lipinski definition) is 1. The van der Waals surface area contributed by atoms with Crippen molar-refractivity contribution in [1.29, 1.82) is 0 Å². The summed E-state index contributed by atoms with van der Waals surface area (Å²) >= 11 is 1.66. The Hall–Kier alpha value is -1.95. The molecule has 0 aromatic carbocycles. The van der Waals surface area contributed by atoms with Gasteiger partial charge in [0.2, 0.25) is 5.95 Å². The molecule has 3 rings (SSSR count). The van der Waals surface area contributed by atoms with Gasteiger partial charge in [0, 0.05) is 18.3 Å². The van der Waals surface area contributed by atoms with Crippen LogP contribution >= 0.6 is 11.3 Å². The molecule has 1 N–H and O–H groups in total. The van der Waals surface area contributed by atoms with Crippen LogP contribution in [-0.2, 0) is 6.54 Å². The molecule has 6 heteroatoms. The monoisotopic (exact) mass is 289 g/mol. The van der Waals surface area contributed by atoms with Crippen molar-refractivity contribution in [2.24, 2.45) is 0 Å². The highest BCUT2D eigenvalue weighted by atomic mass is 32.1. The standard InChI is InChI=1S/C14H15N3O2S/c1-9-6-12(13(18)19)16-14(15-9)17(11-2-3-11)7-10-4-5-20-8-10/h4-6,8,11H,2-3,7H2,1H3,(H,18,19). The van der Waals surface area contributed by atoms with Crippen LogP contribution in [0.2, 0.25) is 0 Å². The van der Waals surface area contributed by atoms with E-state index >= 15 is 0 Å². The molecule has 0 saturated heterocycles.